The van der Waals surface area contributed by atoms with Gasteiger partial charge in [-0.05, 0) is 40.3 Å². The third-order valence-electron chi connectivity index (χ3n) is 2.92. The molecule has 3 rings (SSSR count). The van der Waals surface area contributed by atoms with Gasteiger partial charge in [0.1, 0.15) is 0 Å². The van der Waals surface area contributed by atoms with Crippen molar-refractivity contribution < 1.29 is 0 Å². The molecule has 0 bridgehead atoms. The van der Waals surface area contributed by atoms with Crippen molar-refractivity contribution in [3.05, 3.63) is 46.3 Å². The highest BCUT2D eigenvalue weighted by atomic mass is 32.1. The number of fused-ring (bicyclic) bond motifs is 1. The molecule has 18 heavy (non-hydrogen) atoms. The molecule has 0 saturated heterocycles. The number of hydrazine groups is 1. The summed E-state index contributed by atoms with van der Waals surface area (Å²) < 4.78 is 5.19. The number of nitrogens with zero attached hydrogens (tertiary/aromatic N) is 2. The highest BCUT2D eigenvalue weighted by Crippen LogP contribution is 2.28. The second-order valence-corrected chi connectivity index (χ2v) is 5.53. The standard InChI is InChI=1S/C12H12N4S2/c13-14-10(11-7-18-16-15-11)5-8-6-17-12-4-2-1-3-9(8)12/h1-4,6-7,10,14H,5,13H2. The van der Waals surface area contributed by atoms with E-state index < -0.39 is 0 Å². The zero-order valence-corrected chi connectivity index (χ0v) is 11.2. The van der Waals surface area contributed by atoms with Gasteiger partial charge >= 0.3 is 0 Å². The second kappa shape index (κ2) is 5.11. The van der Waals surface area contributed by atoms with Gasteiger partial charge in [-0.25, -0.2) is 0 Å². The molecule has 2 heterocycles. The molecule has 0 fully saturated rings. The highest BCUT2D eigenvalue weighted by Gasteiger charge is 2.15. The van der Waals surface area contributed by atoms with Gasteiger partial charge in [-0.2, -0.15) is 0 Å². The van der Waals surface area contributed by atoms with Crippen LogP contribution in [0, 0.1) is 0 Å². The van der Waals surface area contributed by atoms with Crippen LogP contribution in [0.15, 0.2) is 35.0 Å². The Morgan fingerprint density at radius 1 is 1.28 bits per heavy atom. The zero-order valence-electron chi connectivity index (χ0n) is 9.54. The molecule has 0 aliphatic rings. The Morgan fingerprint density at radius 3 is 2.94 bits per heavy atom. The van der Waals surface area contributed by atoms with Crippen molar-refractivity contribution in [3.8, 4) is 0 Å². The molecule has 2 aromatic heterocycles. The van der Waals surface area contributed by atoms with Gasteiger partial charge in [-0.3, -0.25) is 11.3 Å². The lowest BCUT2D eigenvalue weighted by molar-refractivity contribution is 0.539. The maximum atomic E-state index is 5.61. The van der Waals surface area contributed by atoms with Gasteiger partial charge in [0.15, 0.2) is 0 Å². The van der Waals surface area contributed by atoms with Gasteiger partial charge in [0.2, 0.25) is 0 Å². The van der Waals surface area contributed by atoms with E-state index in [1.165, 1.54) is 27.2 Å². The van der Waals surface area contributed by atoms with E-state index in [1.807, 2.05) is 5.38 Å². The molecule has 0 amide bonds. The fourth-order valence-electron chi connectivity index (χ4n) is 1.98. The Labute approximate surface area is 113 Å². The Kier molecular flexibility index (Phi) is 3.33. The van der Waals surface area contributed by atoms with Crippen molar-refractivity contribution >= 4 is 33.0 Å². The summed E-state index contributed by atoms with van der Waals surface area (Å²) in [7, 11) is 0. The van der Waals surface area contributed by atoms with Gasteiger partial charge in [0.05, 0.1) is 11.7 Å². The molecule has 0 aliphatic heterocycles. The monoisotopic (exact) mass is 276 g/mol. The highest BCUT2D eigenvalue weighted by molar-refractivity contribution is 7.17. The first-order valence-corrected chi connectivity index (χ1v) is 7.28. The summed E-state index contributed by atoms with van der Waals surface area (Å²) in [5.74, 6) is 5.61. The average molecular weight is 276 g/mol. The molecule has 1 aromatic carbocycles. The van der Waals surface area contributed by atoms with E-state index in [0.717, 1.165) is 12.1 Å². The van der Waals surface area contributed by atoms with Crippen LogP contribution in [0.5, 0.6) is 0 Å². The number of nitrogens with one attached hydrogen (secondary N) is 1. The SMILES string of the molecule is NNC(Cc1csc2ccccc12)c1csnn1. The van der Waals surface area contributed by atoms with Crippen molar-refractivity contribution in [2.45, 2.75) is 12.5 Å². The Bertz CT molecular complexity index is 632. The molecule has 1 unspecified atom stereocenters. The molecular formula is C12H12N4S2. The third-order valence-corrected chi connectivity index (χ3v) is 4.46. The first kappa shape index (κ1) is 11.7. The number of hydrogen-bond acceptors (Lipinski definition) is 6. The zero-order chi connectivity index (χ0) is 12.4. The number of nitrogens with two attached hydrogens (primary N) is 1. The maximum Gasteiger partial charge on any atom is 0.0941 e. The Balaban J connectivity index is 1.91. The van der Waals surface area contributed by atoms with Gasteiger partial charge in [0.25, 0.3) is 0 Å². The van der Waals surface area contributed by atoms with Crippen molar-refractivity contribution in [3.63, 3.8) is 0 Å². The Morgan fingerprint density at radius 2 is 2.17 bits per heavy atom. The molecule has 0 aliphatic carbocycles. The van der Waals surface area contributed by atoms with Crippen molar-refractivity contribution in [2.75, 3.05) is 0 Å². The predicted molar refractivity (Wildman–Crippen MR) is 75.5 cm³/mol. The van der Waals surface area contributed by atoms with E-state index in [9.17, 15) is 0 Å². The molecule has 4 nitrogen and oxygen atoms in total. The molecule has 92 valence electrons. The van der Waals surface area contributed by atoms with Crippen LogP contribution in [-0.4, -0.2) is 9.59 Å². The first-order valence-electron chi connectivity index (χ1n) is 5.56. The summed E-state index contributed by atoms with van der Waals surface area (Å²) in [4.78, 5) is 0. The van der Waals surface area contributed by atoms with Gasteiger partial charge < -0.3 is 0 Å². The van der Waals surface area contributed by atoms with E-state index in [2.05, 4.69) is 44.7 Å². The van der Waals surface area contributed by atoms with Crippen molar-refractivity contribution in [1.29, 1.82) is 0 Å². The van der Waals surface area contributed by atoms with Crippen LogP contribution < -0.4 is 11.3 Å². The van der Waals surface area contributed by atoms with Gasteiger partial charge in [-0.15, -0.1) is 16.4 Å². The summed E-state index contributed by atoms with van der Waals surface area (Å²) in [5, 5.41) is 9.49. The third kappa shape index (κ3) is 2.15. The topological polar surface area (TPSA) is 63.8 Å². The first-order chi connectivity index (χ1) is 8.88. The minimum absolute atomic E-state index is 0.0155. The van der Waals surface area contributed by atoms with Crippen LogP contribution in [0.2, 0.25) is 0 Å². The van der Waals surface area contributed by atoms with E-state index in [1.54, 1.807) is 11.3 Å². The average Bonchev–Trinajstić information content (AvgIpc) is 3.06. The summed E-state index contributed by atoms with van der Waals surface area (Å²) in [5.41, 5.74) is 5.01. The smallest absolute Gasteiger partial charge is 0.0941 e. The molecule has 0 spiro atoms. The van der Waals surface area contributed by atoms with E-state index in [4.69, 9.17) is 5.84 Å². The quantitative estimate of drug-likeness (QED) is 0.567. The summed E-state index contributed by atoms with van der Waals surface area (Å²) >= 11 is 3.11. The predicted octanol–water partition coefficient (Wildman–Crippen LogP) is 2.50. The molecule has 0 radical (unpaired) electrons. The summed E-state index contributed by atoms with van der Waals surface area (Å²) in [6.07, 6.45) is 0.825. The number of thiophene rings is 1. The second-order valence-electron chi connectivity index (χ2n) is 4.01. The molecule has 0 saturated carbocycles. The maximum absolute atomic E-state index is 5.61. The van der Waals surface area contributed by atoms with Crippen LogP contribution in [0.4, 0.5) is 0 Å². The number of benzene rings is 1. The lowest BCUT2D eigenvalue weighted by Crippen LogP contribution is -2.29. The molecule has 3 aromatic rings. The van der Waals surface area contributed by atoms with Gasteiger partial charge in [0, 0.05) is 10.1 Å². The molecule has 3 N–H and O–H groups in total. The number of rotatable bonds is 4. The normalized spacial score (nSPS) is 12.9. The molecular weight excluding hydrogens is 264 g/mol. The van der Waals surface area contributed by atoms with Crippen LogP contribution in [0.1, 0.15) is 17.3 Å². The Hall–Kier alpha value is -1.34. The number of hydrogen-bond donors (Lipinski definition) is 2. The minimum Gasteiger partial charge on any atom is -0.271 e. The van der Waals surface area contributed by atoms with E-state index in [0.29, 0.717) is 0 Å². The van der Waals surface area contributed by atoms with Crippen LogP contribution in [-0.2, 0) is 6.42 Å². The van der Waals surface area contributed by atoms with Crippen molar-refractivity contribution in [1.82, 2.24) is 15.0 Å². The van der Waals surface area contributed by atoms with Crippen LogP contribution >= 0.6 is 22.9 Å². The minimum atomic E-state index is 0.0155. The molecule has 6 heteroatoms. The van der Waals surface area contributed by atoms with Crippen LogP contribution in [0.3, 0.4) is 0 Å². The van der Waals surface area contributed by atoms with Crippen molar-refractivity contribution in [2.24, 2.45) is 5.84 Å². The summed E-state index contributed by atoms with van der Waals surface area (Å²) in [6.45, 7) is 0. The fourth-order valence-corrected chi connectivity index (χ4v) is 3.47. The van der Waals surface area contributed by atoms with E-state index in [-0.39, 0.29) is 6.04 Å². The van der Waals surface area contributed by atoms with Crippen LogP contribution in [0.25, 0.3) is 10.1 Å². The van der Waals surface area contributed by atoms with Gasteiger partial charge in [-0.1, -0.05) is 22.7 Å². The fraction of sp³-hybridized carbons (Fsp3) is 0.167. The summed E-state index contributed by atoms with van der Waals surface area (Å²) in [6, 6.07) is 8.42. The number of aromatic nitrogens is 2. The molecule has 1 atom stereocenters. The van der Waals surface area contributed by atoms with E-state index >= 15 is 0 Å². The lowest BCUT2D eigenvalue weighted by atomic mass is 10.0. The largest absolute Gasteiger partial charge is 0.271 e. The lowest BCUT2D eigenvalue weighted by Gasteiger charge is -2.12.